The first-order valence-electron chi connectivity index (χ1n) is 5.99. The van der Waals surface area contributed by atoms with Crippen molar-refractivity contribution < 1.29 is 5.11 Å². The lowest BCUT2D eigenvalue weighted by Crippen LogP contribution is -2.15. The van der Waals surface area contributed by atoms with Crippen LogP contribution in [0.4, 0.5) is 5.69 Å². The van der Waals surface area contributed by atoms with E-state index in [0.29, 0.717) is 10.0 Å². The minimum absolute atomic E-state index is 0.0463. The van der Waals surface area contributed by atoms with Crippen molar-refractivity contribution in [3.05, 3.63) is 63.6 Å². The number of halogens is 2. The average Bonchev–Trinajstić information content (AvgIpc) is 2.37. The van der Waals surface area contributed by atoms with Gasteiger partial charge >= 0.3 is 0 Å². The van der Waals surface area contributed by atoms with Crippen LogP contribution in [-0.2, 0) is 0 Å². The molecular formula is C15H15Cl2NO. The fourth-order valence-corrected chi connectivity index (χ4v) is 2.48. The van der Waals surface area contributed by atoms with Crippen molar-refractivity contribution in [3.8, 4) is 0 Å². The molecule has 2 nitrogen and oxygen atoms in total. The van der Waals surface area contributed by atoms with Crippen molar-refractivity contribution in [2.75, 3.05) is 11.9 Å². The van der Waals surface area contributed by atoms with E-state index in [9.17, 15) is 5.11 Å². The Kier molecular flexibility index (Phi) is 4.70. The van der Waals surface area contributed by atoms with Gasteiger partial charge in [-0.3, -0.25) is 0 Å². The van der Waals surface area contributed by atoms with Crippen molar-refractivity contribution in [2.24, 2.45) is 0 Å². The number of hydrogen-bond acceptors (Lipinski definition) is 2. The van der Waals surface area contributed by atoms with Crippen LogP contribution in [0.15, 0.2) is 42.5 Å². The van der Waals surface area contributed by atoms with Gasteiger partial charge in [0.05, 0.1) is 12.6 Å². The highest BCUT2D eigenvalue weighted by Crippen LogP contribution is 2.28. The van der Waals surface area contributed by atoms with Crippen LogP contribution in [0.25, 0.3) is 0 Å². The van der Waals surface area contributed by atoms with E-state index >= 15 is 0 Å². The summed E-state index contributed by atoms with van der Waals surface area (Å²) >= 11 is 12.0. The first kappa shape index (κ1) is 14.2. The molecule has 100 valence electrons. The zero-order valence-electron chi connectivity index (χ0n) is 10.5. The summed E-state index contributed by atoms with van der Waals surface area (Å²) in [5, 5.41) is 14.0. The summed E-state index contributed by atoms with van der Waals surface area (Å²) in [4.78, 5) is 0. The Bertz CT molecular complexity index is 572. The predicted octanol–water partition coefficient (Wildman–Crippen LogP) is 4.45. The number of aliphatic hydroxyl groups excluding tert-OH is 1. The van der Waals surface area contributed by atoms with Crippen LogP contribution < -0.4 is 5.32 Å². The molecule has 0 spiro atoms. The maximum absolute atomic E-state index is 9.55. The zero-order valence-corrected chi connectivity index (χ0v) is 12.0. The van der Waals surface area contributed by atoms with Gasteiger partial charge < -0.3 is 10.4 Å². The Labute approximate surface area is 123 Å². The lowest BCUT2D eigenvalue weighted by atomic mass is 10.1. The van der Waals surface area contributed by atoms with Gasteiger partial charge in [0.15, 0.2) is 0 Å². The third kappa shape index (κ3) is 3.63. The first-order valence-corrected chi connectivity index (χ1v) is 6.75. The van der Waals surface area contributed by atoms with Gasteiger partial charge in [0.2, 0.25) is 0 Å². The summed E-state index contributed by atoms with van der Waals surface area (Å²) in [6.45, 7) is 1.98. The van der Waals surface area contributed by atoms with Crippen molar-refractivity contribution >= 4 is 28.9 Å². The van der Waals surface area contributed by atoms with E-state index in [1.54, 1.807) is 12.1 Å². The second kappa shape index (κ2) is 6.29. The number of nitrogens with one attached hydrogen (secondary N) is 1. The van der Waals surface area contributed by atoms with E-state index < -0.39 is 0 Å². The highest BCUT2D eigenvalue weighted by molar-refractivity contribution is 6.35. The largest absolute Gasteiger partial charge is 0.394 e. The Balaban J connectivity index is 2.25. The lowest BCUT2D eigenvalue weighted by molar-refractivity contribution is 0.276. The number of hydrogen-bond donors (Lipinski definition) is 2. The molecule has 0 aliphatic heterocycles. The predicted molar refractivity (Wildman–Crippen MR) is 81.1 cm³/mol. The number of benzene rings is 2. The Morgan fingerprint density at radius 3 is 2.58 bits per heavy atom. The molecule has 2 aromatic carbocycles. The number of anilines is 1. The molecule has 1 atom stereocenters. The number of aryl methyl sites for hydroxylation is 1. The van der Waals surface area contributed by atoms with Crippen LogP contribution in [-0.4, -0.2) is 11.7 Å². The van der Waals surface area contributed by atoms with Crippen LogP contribution in [0, 0.1) is 6.92 Å². The van der Waals surface area contributed by atoms with Gasteiger partial charge in [-0.25, -0.2) is 0 Å². The quantitative estimate of drug-likeness (QED) is 0.873. The zero-order chi connectivity index (χ0) is 13.8. The molecule has 4 heteroatoms. The van der Waals surface area contributed by atoms with Crippen molar-refractivity contribution in [2.45, 2.75) is 13.0 Å². The van der Waals surface area contributed by atoms with Crippen LogP contribution >= 0.6 is 23.2 Å². The van der Waals surface area contributed by atoms with Gasteiger partial charge in [-0.1, -0.05) is 41.4 Å². The van der Waals surface area contributed by atoms with E-state index in [4.69, 9.17) is 23.2 Å². The summed E-state index contributed by atoms with van der Waals surface area (Å²) < 4.78 is 0. The average molecular weight is 296 g/mol. The molecule has 2 aromatic rings. The van der Waals surface area contributed by atoms with E-state index in [0.717, 1.165) is 16.8 Å². The fourth-order valence-electron chi connectivity index (χ4n) is 1.94. The normalized spacial score (nSPS) is 12.2. The fraction of sp³-hybridized carbons (Fsp3) is 0.200. The second-order valence-corrected chi connectivity index (χ2v) is 5.26. The molecule has 0 bridgehead atoms. The van der Waals surface area contributed by atoms with E-state index in [2.05, 4.69) is 5.32 Å². The molecule has 2 N–H and O–H groups in total. The molecule has 0 aromatic heterocycles. The molecule has 0 aliphatic rings. The highest BCUT2D eigenvalue weighted by Gasteiger charge is 2.14. The third-order valence-corrected chi connectivity index (χ3v) is 3.44. The summed E-state index contributed by atoms with van der Waals surface area (Å²) in [5.41, 5.74) is 2.93. The molecule has 0 amide bonds. The molecule has 2 rings (SSSR count). The minimum atomic E-state index is -0.258. The van der Waals surface area contributed by atoms with Gasteiger partial charge in [-0.05, 0) is 42.3 Å². The number of aliphatic hydroxyl groups is 1. The summed E-state index contributed by atoms with van der Waals surface area (Å²) in [5.74, 6) is 0. The maximum atomic E-state index is 9.55. The second-order valence-electron chi connectivity index (χ2n) is 4.41. The smallest absolute Gasteiger partial charge is 0.0759 e. The molecule has 0 aliphatic carbocycles. The Morgan fingerprint density at radius 2 is 1.95 bits per heavy atom. The lowest BCUT2D eigenvalue weighted by Gasteiger charge is -2.19. The summed E-state index contributed by atoms with van der Waals surface area (Å²) in [6.07, 6.45) is 0. The molecule has 19 heavy (non-hydrogen) atoms. The summed E-state index contributed by atoms with van der Waals surface area (Å²) in [6, 6.07) is 13.0. The van der Waals surface area contributed by atoms with Gasteiger partial charge in [0.1, 0.15) is 0 Å². The molecule has 0 fully saturated rings. The molecular weight excluding hydrogens is 281 g/mol. The van der Waals surface area contributed by atoms with Crippen molar-refractivity contribution in [1.82, 2.24) is 0 Å². The van der Waals surface area contributed by atoms with Gasteiger partial charge in [0, 0.05) is 15.7 Å². The third-order valence-electron chi connectivity index (χ3n) is 2.88. The standard InChI is InChI=1S/C15H15Cl2NO/c1-10-3-2-4-12(7-10)18-15(9-19)13-6-5-11(16)8-14(13)17/h2-8,15,18-19H,9H2,1H3. The minimum Gasteiger partial charge on any atom is -0.394 e. The van der Waals surface area contributed by atoms with Crippen molar-refractivity contribution in [3.63, 3.8) is 0 Å². The van der Waals surface area contributed by atoms with E-state index in [1.165, 1.54) is 0 Å². The van der Waals surface area contributed by atoms with Gasteiger partial charge in [-0.15, -0.1) is 0 Å². The Morgan fingerprint density at radius 1 is 1.16 bits per heavy atom. The molecule has 0 saturated heterocycles. The van der Waals surface area contributed by atoms with Crippen LogP contribution in [0.3, 0.4) is 0 Å². The van der Waals surface area contributed by atoms with Crippen LogP contribution in [0.1, 0.15) is 17.2 Å². The van der Waals surface area contributed by atoms with Crippen LogP contribution in [0.2, 0.25) is 10.0 Å². The monoisotopic (exact) mass is 295 g/mol. The van der Waals surface area contributed by atoms with Crippen molar-refractivity contribution in [1.29, 1.82) is 0 Å². The SMILES string of the molecule is Cc1cccc(NC(CO)c2ccc(Cl)cc2Cl)c1. The molecule has 0 heterocycles. The highest BCUT2D eigenvalue weighted by atomic mass is 35.5. The van der Waals surface area contributed by atoms with E-state index in [-0.39, 0.29) is 12.6 Å². The van der Waals surface area contributed by atoms with E-state index in [1.807, 2.05) is 37.3 Å². The molecule has 0 radical (unpaired) electrons. The topological polar surface area (TPSA) is 32.3 Å². The van der Waals surface area contributed by atoms with Gasteiger partial charge in [0.25, 0.3) is 0 Å². The van der Waals surface area contributed by atoms with Gasteiger partial charge in [-0.2, -0.15) is 0 Å². The summed E-state index contributed by atoms with van der Waals surface area (Å²) in [7, 11) is 0. The van der Waals surface area contributed by atoms with Crippen LogP contribution in [0.5, 0.6) is 0 Å². The Hall–Kier alpha value is -1.22. The first-order chi connectivity index (χ1) is 9.10. The number of rotatable bonds is 4. The molecule has 1 unspecified atom stereocenters. The maximum Gasteiger partial charge on any atom is 0.0759 e. The molecule has 0 saturated carbocycles.